The number of hydrogen-bond donors (Lipinski definition) is 2. The van der Waals surface area contributed by atoms with Crippen LogP contribution in [-0.4, -0.2) is 13.1 Å². The van der Waals surface area contributed by atoms with Gasteiger partial charge in [0.05, 0.1) is 0 Å². The Labute approximate surface area is 121 Å². The fourth-order valence-electron chi connectivity index (χ4n) is 3.31. The van der Waals surface area contributed by atoms with Crippen LogP contribution in [0, 0.1) is 5.92 Å². The number of piperidine rings is 1. The number of nitrogens with two attached hydrogens (primary N) is 1. The van der Waals surface area contributed by atoms with Gasteiger partial charge in [0.2, 0.25) is 0 Å². The maximum Gasteiger partial charge on any atom is 0.0301 e. The van der Waals surface area contributed by atoms with Crippen molar-refractivity contribution in [3.63, 3.8) is 0 Å². The highest BCUT2D eigenvalue weighted by Gasteiger charge is 2.16. The molecule has 0 aliphatic carbocycles. The van der Waals surface area contributed by atoms with Crippen LogP contribution in [0.3, 0.4) is 0 Å². The van der Waals surface area contributed by atoms with Crippen LogP contribution in [-0.2, 0) is 0 Å². The van der Waals surface area contributed by atoms with E-state index in [1.807, 2.05) is 0 Å². The zero-order valence-electron chi connectivity index (χ0n) is 12.0. The summed E-state index contributed by atoms with van der Waals surface area (Å²) in [7, 11) is 0. The minimum atomic E-state index is 0.163. The van der Waals surface area contributed by atoms with E-state index in [-0.39, 0.29) is 6.04 Å². The molecule has 1 atom stereocenters. The first-order valence-corrected chi connectivity index (χ1v) is 7.78. The summed E-state index contributed by atoms with van der Waals surface area (Å²) in [4.78, 5) is 0. The monoisotopic (exact) mass is 268 g/mol. The molecule has 1 unspecified atom stereocenters. The first kappa shape index (κ1) is 13.6. The van der Waals surface area contributed by atoms with Crippen LogP contribution >= 0.6 is 0 Å². The van der Waals surface area contributed by atoms with Gasteiger partial charge >= 0.3 is 0 Å². The molecule has 1 aliphatic rings. The van der Waals surface area contributed by atoms with E-state index in [0.717, 1.165) is 12.3 Å². The van der Waals surface area contributed by atoms with Crippen molar-refractivity contribution in [1.82, 2.24) is 5.32 Å². The number of fused-ring (bicyclic) bond motifs is 1. The summed E-state index contributed by atoms with van der Waals surface area (Å²) in [6, 6.07) is 15.2. The van der Waals surface area contributed by atoms with E-state index in [1.54, 1.807) is 0 Å². The van der Waals surface area contributed by atoms with E-state index in [9.17, 15) is 0 Å². The molecule has 0 amide bonds. The maximum atomic E-state index is 6.46. The molecule has 2 nitrogen and oxygen atoms in total. The maximum absolute atomic E-state index is 6.46. The number of nitrogens with one attached hydrogen (secondary N) is 1. The Morgan fingerprint density at radius 1 is 1.05 bits per heavy atom. The van der Waals surface area contributed by atoms with E-state index in [2.05, 4.69) is 47.8 Å². The minimum absolute atomic E-state index is 0.163. The van der Waals surface area contributed by atoms with Crippen molar-refractivity contribution < 1.29 is 0 Å². The highest BCUT2D eigenvalue weighted by molar-refractivity contribution is 5.86. The fraction of sp³-hybridized carbons (Fsp3) is 0.444. The van der Waals surface area contributed by atoms with Crippen molar-refractivity contribution in [2.75, 3.05) is 13.1 Å². The van der Waals surface area contributed by atoms with Crippen LogP contribution in [0.15, 0.2) is 42.5 Å². The third-order valence-corrected chi connectivity index (χ3v) is 4.57. The molecule has 1 saturated heterocycles. The predicted octanol–water partition coefficient (Wildman–Crippen LogP) is 3.62. The summed E-state index contributed by atoms with van der Waals surface area (Å²) in [5.74, 6) is 0.859. The molecule has 3 N–H and O–H groups in total. The van der Waals surface area contributed by atoms with Gasteiger partial charge in [-0.25, -0.2) is 0 Å². The molecular formula is C18H24N2. The average Bonchev–Trinajstić information content (AvgIpc) is 2.53. The van der Waals surface area contributed by atoms with Crippen LogP contribution in [0.1, 0.15) is 37.3 Å². The Balaban J connectivity index is 1.70. The Kier molecular flexibility index (Phi) is 4.34. The first-order valence-electron chi connectivity index (χ1n) is 7.78. The summed E-state index contributed by atoms with van der Waals surface area (Å²) < 4.78 is 0. The Bertz CT molecular complexity index is 553. The van der Waals surface area contributed by atoms with Crippen molar-refractivity contribution in [2.24, 2.45) is 11.7 Å². The molecule has 1 heterocycles. The SMILES string of the molecule is NC(CCC1CCNCC1)c1cccc2ccccc12. The molecule has 1 fully saturated rings. The molecule has 0 bridgehead atoms. The molecule has 0 radical (unpaired) electrons. The third kappa shape index (κ3) is 3.02. The van der Waals surface area contributed by atoms with Crippen LogP contribution in [0.2, 0.25) is 0 Å². The van der Waals surface area contributed by atoms with E-state index in [4.69, 9.17) is 5.73 Å². The molecule has 20 heavy (non-hydrogen) atoms. The van der Waals surface area contributed by atoms with Gasteiger partial charge in [0, 0.05) is 6.04 Å². The van der Waals surface area contributed by atoms with Gasteiger partial charge in [0.1, 0.15) is 0 Å². The number of hydrogen-bond acceptors (Lipinski definition) is 2. The second kappa shape index (κ2) is 6.38. The van der Waals surface area contributed by atoms with Gasteiger partial charge in [0.25, 0.3) is 0 Å². The fourth-order valence-corrected chi connectivity index (χ4v) is 3.31. The average molecular weight is 268 g/mol. The van der Waals surface area contributed by atoms with Gasteiger partial charge in [-0.15, -0.1) is 0 Å². The Morgan fingerprint density at radius 3 is 2.65 bits per heavy atom. The summed E-state index contributed by atoms with van der Waals surface area (Å²) in [6.45, 7) is 2.35. The lowest BCUT2D eigenvalue weighted by Gasteiger charge is -2.24. The first-order chi connectivity index (χ1) is 9.84. The van der Waals surface area contributed by atoms with Gasteiger partial charge in [-0.2, -0.15) is 0 Å². The van der Waals surface area contributed by atoms with Crippen LogP contribution < -0.4 is 11.1 Å². The summed E-state index contributed by atoms with van der Waals surface area (Å²) in [6.07, 6.45) is 4.97. The molecule has 0 saturated carbocycles. The molecule has 1 aliphatic heterocycles. The van der Waals surface area contributed by atoms with Crippen molar-refractivity contribution in [1.29, 1.82) is 0 Å². The largest absolute Gasteiger partial charge is 0.324 e. The highest BCUT2D eigenvalue weighted by atomic mass is 14.9. The topological polar surface area (TPSA) is 38.0 Å². The molecule has 2 aromatic rings. The molecule has 2 heteroatoms. The zero-order chi connectivity index (χ0) is 13.8. The van der Waals surface area contributed by atoms with Crippen molar-refractivity contribution in [2.45, 2.75) is 31.7 Å². The van der Waals surface area contributed by atoms with Crippen molar-refractivity contribution in [3.05, 3.63) is 48.0 Å². The number of rotatable bonds is 4. The third-order valence-electron chi connectivity index (χ3n) is 4.57. The smallest absolute Gasteiger partial charge is 0.0301 e. The Hall–Kier alpha value is -1.38. The standard InChI is InChI=1S/C18H24N2/c19-18(9-8-14-10-12-20-13-11-14)17-7-3-5-15-4-1-2-6-16(15)17/h1-7,14,18,20H,8-13,19H2. The van der Waals surface area contributed by atoms with Gasteiger partial charge in [-0.3, -0.25) is 0 Å². The van der Waals surface area contributed by atoms with Crippen LogP contribution in [0.25, 0.3) is 10.8 Å². The zero-order valence-corrected chi connectivity index (χ0v) is 12.0. The molecule has 0 spiro atoms. The number of benzene rings is 2. The minimum Gasteiger partial charge on any atom is -0.324 e. The van der Waals surface area contributed by atoms with Crippen molar-refractivity contribution >= 4 is 10.8 Å². The lowest BCUT2D eigenvalue weighted by Crippen LogP contribution is -2.28. The normalized spacial score (nSPS) is 18.2. The predicted molar refractivity (Wildman–Crippen MR) is 85.7 cm³/mol. The van der Waals surface area contributed by atoms with Gasteiger partial charge in [0.15, 0.2) is 0 Å². The van der Waals surface area contributed by atoms with Crippen LogP contribution in [0.4, 0.5) is 0 Å². The van der Waals surface area contributed by atoms with E-state index in [0.29, 0.717) is 0 Å². The molecule has 3 rings (SSSR count). The molecule has 2 aromatic carbocycles. The summed E-state index contributed by atoms with van der Waals surface area (Å²) >= 11 is 0. The quantitative estimate of drug-likeness (QED) is 0.889. The summed E-state index contributed by atoms with van der Waals surface area (Å²) in [5.41, 5.74) is 7.77. The highest BCUT2D eigenvalue weighted by Crippen LogP contribution is 2.28. The summed E-state index contributed by atoms with van der Waals surface area (Å²) in [5, 5.41) is 6.03. The lowest BCUT2D eigenvalue weighted by molar-refractivity contribution is 0.338. The van der Waals surface area contributed by atoms with Crippen molar-refractivity contribution in [3.8, 4) is 0 Å². The van der Waals surface area contributed by atoms with E-state index < -0.39 is 0 Å². The Morgan fingerprint density at radius 2 is 1.80 bits per heavy atom. The second-order valence-electron chi connectivity index (χ2n) is 5.95. The second-order valence-corrected chi connectivity index (χ2v) is 5.95. The van der Waals surface area contributed by atoms with Gasteiger partial charge in [-0.05, 0) is 61.0 Å². The van der Waals surface area contributed by atoms with Gasteiger partial charge < -0.3 is 11.1 Å². The lowest BCUT2D eigenvalue weighted by atomic mass is 9.89. The molecular weight excluding hydrogens is 244 g/mol. The van der Waals surface area contributed by atoms with E-state index >= 15 is 0 Å². The van der Waals surface area contributed by atoms with Gasteiger partial charge in [-0.1, -0.05) is 42.5 Å². The molecule has 106 valence electrons. The molecule has 0 aromatic heterocycles. The van der Waals surface area contributed by atoms with E-state index in [1.165, 1.54) is 48.7 Å². The van der Waals surface area contributed by atoms with Crippen LogP contribution in [0.5, 0.6) is 0 Å².